The third-order valence-corrected chi connectivity index (χ3v) is 6.09. The summed E-state index contributed by atoms with van der Waals surface area (Å²) in [4.78, 5) is 0. The molecule has 36 heavy (non-hydrogen) atoms. The van der Waals surface area contributed by atoms with Gasteiger partial charge in [-0.3, -0.25) is 8.42 Å². The predicted molar refractivity (Wildman–Crippen MR) is 145 cm³/mol. The van der Waals surface area contributed by atoms with E-state index in [1.54, 1.807) is 18.2 Å². The molecule has 0 aliphatic heterocycles. The Labute approximate surface area is 215 Å². The topological polar surface area (TPSA) is 104 Å². The van der Waals surface area contributed by atoms with Crippen LogP contribution < -0.4 is 9.44 Å². The molecule has 0 bridgehead atoms. The third kappa shape index (κ3) is 6.65. The van der Waals surface area contributed by atoms with Crippen molar-refractivity contribution in [3.8, 4) is 11.1 Å². The Morgan fingerprint density at radius 2 is 1.06 bits per heavy atom. The maximum absolute atomic E-state index is 11.9. The van der Waals surface area contributed by atoms with Crippen LogP contribution >= 0.6 is 0 Å². The zero-order chi connectivity index (χ0) is 25.3. The van der Waals surface area contributed by atoms with E-state index in [4.69, 9.17) is 0 Å². The van der Waals surface area contributed by atoms with Gasteiger partial charge in [-0.05, 0) is 34.4 Å². The first-order valence-corrected chi connectivity index (χ1v) is 13.1. The average molecular weight is 515 g/mol. The van der Waals surface area contributed by atoms with Gasteiger partial charge in [0.25, 0.3) is 0 Å². The summed E-state index contributed by atoms with van der Waals surface area (Å²) >= 11 is -5.26. The van der Waals surface area contributed by atoms with Crippen molar-refractivity contribution in [2.24, 2.45) is 0 Å². The number of benzene rings is 4. The minimum Gasteiger partial charge on any atom is -0.755 e. The van der Waals surface area contributed by atoms with Crippen LogP contribution in [0, 0.1) is 0 Å². The standard InChI is InChI=1S/C28H24N2O4S2/c31-35(32)29-26(19-21-11-4-1-5-12-21)25-18-10-17-24(23-15-8-3-9-16-23)28(25)27(30-36(33)34)20-22-13-6-2-7-14-22/h1-20,29-30H,(H,31,32)(H,33,34)/p-2. The van der Waals surface area contributed by atoms with Crippen molar-refractivity contribution < 1.29 is 17.5 Å². The van der Waals surface area contributed by atoms with Crippen molar-refractivity contribution >= 4 is 46.1 Å². The van der Waals surface area contributed by atoms with Gasteiger partial charge in [-0.15, -0.1) is 0 Å². The summed E-state index contributed by atoms with van der Waals surface area (Å²) in [6.45, 7) is 0. The molecule has 4 aromatic carbocycles. The van der Waals surface area contributed by atoms with Gasteiger partial charge in [0.15, 0.2) is 0 Å². The first-order valence-electron chi connectivity index (χ1n) is 11.0. The lowest BCUT2D eigenvalue weighted by Gasteiger charge is -2.23. The second kappa shape index (κ2) is 12.2. The molecular weight excluding hydrogens is 492 g/mol. The maximum Gasteiger partial charge on any atom is 0.0543 e. The zero-order valence-corrected chi connectivity index (χ0v) is 20.6. The Morgan fingerprint density at radius 1 is 0.583 bits per heavy atom. The lowest BCUT2D eigenvalue weighted by atomic mass is 9.91. The van der Waals surface area contributed by atoms with Gasteiger partial charge in [-0.2, -0.15) is 0 Å². The van der Waals surface area contributed by atoms with Crippen LogP contribution in [-0.4, -0.2) is 17.5 Å². The first kappa shape index (κ1) is 25.3. The third-order valence-electron chi connectivity index (χ3n) is 5.32. The fraction of sp³-hybridized carbons (Fsp3) is 0. The SMILES string of the molecule is O=S([O-])NC(=Cc1ccccc1)c1cccc(-c2ccccc2)c1C(=Cc1ccccc1)NS(=O)[O-]. The lowest BCUT2D eigenvalue weighted by Crippen LogP contribution is -2.20. The molecule has 0 radical (unpaired) electrons. The van der Waals surface area contributed by atoms with Crippen LogP contribution in [0.5, 0.6) is 0 Å². The molecule has 2 atom stereocenters. The van der Waals surface area contributed by atoms with Crippen LogP contribution in [0.25, 0.3) is 34.7 Å². The van der Waals surface area contributed by atoms with Crippen LogP contribution in [0.1, 0.15) is 22.3 Å². The Hall–Kier alpha value is -3.82. The Bertz CT molecular complexity index is 1420. The van der Waals surface area contributed by atoms with Crippen LogP contribution in [-0.2, 0) is 22.5 Å². The Kier molecular flexibility index (Phi) is 8.59. The summed E-state index contributed by atoms with van der Waals surface area (Å²) in [6.07, 6.45) is 3.42. The first-order chi connectivity index (χ1) is 17.5. The van der Waals surface area contributed by atoms with Gasteiger partial charge in [0, 0.05) is 33.7 Å². The van der Waals surface area contributed by atoms with Crippen molar-refractivity contribution in [3.63, 3.8) is 0 Å². The van der Waals surface area contributed by atoms with Gasteiger partial charge < -0.3 is 18.5 Å². The molecule has 0 saturated heterocycles. The molecule has 4 rings (SSSR count). The van der Waals surface area contributed by atoms with E-state index in [1.807, 2.05) is 103 Å². The largest absolute Gasteiger partial charge is 0.755 e. The summed E-state index contributed by atoms with van der Waals surface area (Å²) in [5, 5.41) is 0. The van der Waals surface area contributed by atoms with Crippen molar-refractivity contribution in [1.82, 2.24) is 9.44 Å². The number of nitrogens with one attached hydrogen (secondary N) is 2. The number of rotatable bonds is 9. The highest BCUT2D eigenvalue weighted by Crippen LogP contribution is 2.35. The quantitative estimate of drug-likeness (QED) is 0.239. The lowest BCUT2D eigenvalue weighted by molar-refractivity contribution is 0.530. The normalized spacial score (nSPS) is 13.6. The molecular formula is C28H22N2O4S2-2. The smallest absolute Gasteiger partial charge is 0.0543 e. The fourth-order valence-electron chi connectivity index (χ4n) is 3.85. The van der Waals surface area contributed by atoms with E-state index < -0.39 is 22.5 Å². The van der Waals surface area contributed by atoms with Gasteiger partial charge >= 0.3 is 0 Å². The second-order valence-corrected chi connectivity index (χ2v) is 9.05. The maximum atomic E-state index is 11.9. The monoisotopic (exact) mass is 514 g/mol. The molecule has 2 N–H and O–H groups in total. The summed E-state index contributed by atoms with van der Waals surface area (Å²) in [5.74, 6) is 0. The van der Waals surface area contributed by atoms with Gasteiger partial charge in [0.2, 0.25) is 0 Å². The summed E-state index contributed by atoms with van der Waals surface area (Å²) in [6, 6.07) is 33.5. The summed E-state index contributed by atoms with van der Waals surface area (Å²) in [7, 11) is 0. The number of hydrogen-bond donors (Lipinski definition) is 2. The highest BCUT2D eigenvalue weighted by atomic mass is 32.2. The van der Waals surface area contributed by atoms with Crippen molar-refractivity contribution in [1.29, 1.82) is 0 Å². The molecule has 0 aliphatic carbocycles. The van der Waals surface area contributed by atoms with Crippen LogP contribution in [0.3, 0.4) is 0 Å². The van der Waals surface area contributed by atoms with Gasteiger partial charge in [-0.25, -0.2) is 0 Å². The second-order valence-electron chi connectivity index (χ2n) is 7.71. The van der Waals surface area contributed by atoms with Crippen LogP contribution in [0.4, 0.5) is 0 Å². The highest BCUT2D eigenvalue weighted by molar-refractivity contribution is 7.77. The van der Waals surface area contributed by atoms with Gasteiger partial charge in [0.1, 0.15) is 0 Å². The average Bonchev–Trinajstić information content (AvgIpc) is 2.89. The van der Waals surface area contributed by atoms with E-state index in [2.05, 4.69) is 9.44 Å². The minimum absolute atomic E-state index is 0.291. The van der Waals surface area contributed by atoms with E-state index in [0.717, 1.165) is 22.3 Å². The van der Waals surface area contributed by atoms with Crippen LogP contribution in [0.15, 0.2) is 109 Å². The minimum atomic E-state index is -2.63. The molecule has 0 fully saturated rings. The fourth-order valence-corrected chi connectivity index (χ4v) is 4.54. The highest BCUT2D eigenvalue weighted by Gasteiger charge is 2.18. The van der Waals surface area contributed by atoms with Crippen molar-refractivity contribution in [2.75, 3.05) is 0 Å². The molecule has 0 spiro atoms. The van der Waals surface area contributed by atoms with E-state index in [0.29, 0.717) is 22.5 Å². The van der Waals surface area contributed by atoms with E-state index in [9.17, 15) is 17.5 Å². The molecule has 0 aliphatic rings. The molecule has 0 aromatic heterocycles. The summed E-state index contributed by atoms with van der Waals surface area (Å²) in [5.41, 5.74) is 4.73. The Morgan fingerprint density at radius 3 is 1.58 bits per heavy atom. The van der Waals surface area contributed by atoms with Gasteiger partial charge in [-0.1, -0.05) is 109 Å². The molecule has 6 nitrogen and oxygen atoms in total. The summed E-state index contributed by atoms with van der Waals surface area (Å²) < 4.78 is 52.4. The molecule has 0 amide bonds. The van der Waals surface area contributed by atoms with E-state index in [-0.39, 0.29) is 0 Å². The van der Waals surface area contributed by atoms with Gasteiger partial charge in [0.05, 0.1) is 11.4 Å². The van der Waals surface area contributed by atoms with Crippen molar-refractivity contribution in [3.05, 3.63) is 131 Å². The molecule has 4 aromatic rings. The number of hydrogen-bond acceptors (Lipinski definition) is 4. The Balaban J connectivity index is 2.03. The van der Waals surface area contributed by atoms with E-state index in [1.165, 1.54) is 0 Å². The van der Waals surface area contributed by atoms with Crippen LogP contribution in [0.2, 0.25) is 0 Å². The predicted octanol–water partition coefficient (Wildman–Crippen LogP) is 5.12. The molecule has 0 saturated carbocycles. The van der Waals surface area contributed by atoms with E-state index >= 15 is 0 Å². The molecule has 8 heteroatoms. The van der Waals surface area contributed by atoms with Crippen molar-refractivity contribution in [2.45, 2.75) is 0 Å². The molecule has 0 heterocycles. The molecule has 2 unspecified atom stereocenters. The zero-order valence-electron chi connectivity index (χ0n) is 19.0. The molecule has 182 valence electrons.